The van der Waals surface area contributed by atoms with Crippen molar-refractivity contribution in [2.45, 2.75) is 6.92 Å². The molecule has 2 aromatic rings. The van der Waals surface area contributed by atoms with Gasteiger partial charge in [0.05, 0.1) is 11.7 Å². The molecule has 0 spiro atoms. The van der Waals surface area contributed by atoms with Crippen molar-refractivity contribution in [1.29, 1.82) is 0 Å². The first kappa shape index (κ1) is 7.91. The van der Waals surface area contributed by atoms with Crippen LogP contribution in [0.4, 0.5) is 4.39 Å². The Labute approximate surface area is 73.2 Å². The van der Waals surface area contributed by atoms with Gasteiger partial charge in [0.25, 0.3) is 5.56 Å². The number of halogens is 1. The Morgan fingerprint density at radius 1 is 1.46 bits per heavy atom. The summed E-state index contributed by atoms with van der Waals surface area (Å²) in [5, 5.41) is 0.292. The van der Waals surface area contributed by atoms with E-state index in [1.54, 1.807) is 13.0 Å². The average Bonchev–Trinajstić information content (AvgIpc) is 2.07. The van der Waals surface area contributed by atoms with Crippen LogP contribution in [0.15, 0.2) is 23.3 Å². The van der Waals surface area contributed by atoms with E-state index in [2.05, 4.69) is 9.97 Å². The van der Waals surface area contributed by atoms with Crippen LogP contribution in [0.5, 0.6) is 0 Å². The lowest BCUT2D eigenvalue weighted by Crippen LogP contribution is -2.07. The van der Waals surface area contributed by atoms with E-state index < -0.39 is 5.82 Å². The number of nitrogens with one attached hydrogen (secondary N) is 1. The Morgan fingerprint density at radius 2 is 2.23 bits per heavy atom. The van der Waals surface area contributed by atoms with Crippen LogP contribution in [0.2, 0.25) is 0 Å². The number of hydrogen-bond acceptors (Lipinski definition) is 2. The van der Waals surface area contributed by atoms with Crippen LogP contribution in [-0.4, -0.2) is 9.97 Å². The van der Waals surface area contributed by atoms with Gasteiger partial charge in [0.15, 0.2) is 0 Å². The normalized spacial score (nSPS) is 10.6. The van der Waals surface area contributed by atoms with E-state index in [1.807, 2.05) is 0 Å². The molecule has 0 radical (unpaired) electrons. The van der Waals surface area contributed by atoms with Crippen molar-refractivity contribution < 1.29 is 4.39 Å². The minimum atomic E-state index is -0.457. The number of nitrogens with zero attached hydrogens (tertiary/aromatic N) is 1. The van der Waals surface area contributed by atoms with Gasteiger partial charge in [0.2, 0.25) is 0 Å². The zero-order valence-electron chi connectivity index (χ0n) is 6.97. The van der Waals surface area contributed by atoms with Gasteiger partial charge in [0, 0.05) is 0 Å². The largest absolute Gasteiger partial charge is 0.313 e. The van der Waals surface area contributed by atoms with E-state index >= 15 is 0 Å². The molecule has 0 aliphatic heterocycles. The highest BCUT2D eigenvalue weighted by molar-refractivity contribution is 5.78. The third-order valence-corrected chi connectivity index (χ3v) is 1.84. The van der Waals surface area contributed by atoms with Gasteiger partial charge < -0.3 is 4.98 Å². The number of benzene rings is 1. The molecule has 1 N–H and O–H groups in total. The molecule has 2 rings (SSSR count). The Kier molecular flexibility index (Phi) is 1.62. The Morgan fingerprint density at radius 3 is 3.00 bits per heavy atom. The molecule has 4 heteroatoms. The smallest absolute Gasteiger partial charge is 0.258 e. The van der Waals surface area contributed by atoms with Crippen LogP contribution in [-0.2, 0) is 0 Å². The van der Waals surface area contributed by atoms with Crippen molar-refractivity contribution >= 4 is 10.9 Å². The highest BCUT2D eigenvalue weighted by Gasteiger charge is 2.05. The van der Waals surface area contributed by atoms with Gasteiger partial charge in [-0.1, -0.05) is 0 Å². The van der Waals surface area contributed by atoms with Crippen molar-refractivity contribution in [2.75, 3.05) is 0 Å². The molecule has 66 valence electrons. The molecule has 0 saturated heterocycles. The predicted octanol–water partition coefficient (Wildman–Crippen LogP) is 1.37. The Bertz CT molecular complexity index is 518. The molecule has 0 fully saturated rings. The van der Waals surface area contributed by atoms with Crippen molar-refractivity contribution in [3.63, 3.8) is 0 Å². The predicted molar refractivity (Wildman–Crippen MR) is 47.1 cm³/mol. The van der Waals surface area contributed by atoms with Crippen molar-refractivity contribution in [2.24, 2.45) is 0 Å². The quantitative estimate of drug-likeness (QED) is 0.662. The van der Waals surface area contributed by atoms with Crippen LogP contribution in [0, 0.1) is 12.7 Å². The molecule has 0 aliphatic rings. The number of aryl methyl sites for hydroxylation is 1. The van der Waals surface area contributed by atoms with Crippen molar-refractivity contribution in [3.8, 4) is 0 Å². The summed E-state index contributed by atoms with van der Waals surface area (Å²) in [5.74, 6) is -0.457. The highest BCUT2D eigenvalue weighted by atomic mass is 19.1. The number of aromatic amines is 1. The fourth-order valence-corrected chi connectivity index (χ4v) is 1.27. The maximum atomic E-state index is 13.2. The molecular weight excluding hydrogens is 171 g/mol. The van der Waals surface area contributed by atoms with Gasteiger partial charge >= 0.3 is 0 Å². The lowest BCUT2D eigenvalue weighted by atomic mass is 10.1. The first-order valence-corrected chi connectivity index (χ1v) is 3.82. The first-order valence-electron chi connectivity index (χ1n) is 3.82. The second-order valence-corrected chi connectivity index (χ2v) is 2.87. The third kappa shape index (κ3) is 1.20. The van der Waals surface area contributed by atoms with E-state index in [-0.39, 0.29) is 11.1 Å². The summed E-state index contributed by atoms with van der Waals surface area (Å²) in [6, 6.07) is 2.97. The molecule has 1 aromatic heterocycles. The van der Waals surface area contributed by atoms with Crippen LogP contribution in [0.25, 0.3) is 10.9 Å². The summed E-state index contributed by atoms with van der Waals surface area (Å²) in [5.41, 5.74) is 0.519. The number of hydrogen-bond donors (Lipinski definition) is 1. The maximum Gasteiger partial charge on any atom is 0.258 e. The van der Waals surface area contributed by atoms with Gasteiger partial charge in [-0.3, -0.25) is 4.79 Å². The Balaban J connectivity index is 3.03. The molecule has 0 bridgehead atoms. The summed E-state index contributed by atoms with van der Waals surface area (Å²) in [7, 11) is 0. The van der Waals surface area contributed by atoms with Crippen LogP contribution >= 0.6 is 0 Å². The van der Waals surface area contributed by atoms with Crippen molar-refractivity contribution in [3.05, 3.63) is 40.2 Å². The molecule has 0 atom stereocenters. The average molecular weight is 178 g/mol. The van der Waals surface area contributed by atoms with E-state index in [1.165, 1.54) is 12.4 Å². The molecule has 0 amide bonds. The monoisotopic (exact) mass is 178 g/mol. The van der Waals surface area contributed by atoms with E-state index in [0.29, 0.717) is 10.9 Å². The van der Waals surface area contributed by atoms with Gasteiger partial charge in [-0.05, 0) is 24.6 Å². The van der Waals surface area contributed by atoms with Gasteiger partial charge in [0.1, 0.15) is 11.3 Å². The lowest BCUT2D eigenvalue weighted by Gasteiger charge is -1.98. The SMILES string of the molecule is Cc1cc(F)c2nc[nH]c(=O)c2c1. The van der Waals surface area contributed by atoms with E-state index in [4.69, 9.17) is 0 Å². The minimum Gasteiger partial charge on any atom is -0.313 e. The van der Waals surface area contributed by atoms with E-state index in [0.717, 1.165) is 0 Å². The molecule has 1 aromatic carbocycles. The molecule has 3 nitrogen and oxygen atoms in total. The molecule has 0 aliphatic carbocycles. The van der Waals surface area contributed by atoms with Crippen LogP contribution in [0.1, 0.15) is 5.56 Å². The Hall–Kier alpha value is -1.71. The number of rotatable bonds is 0. The van der Waals surface area contributed by atoms with Gasteiger partial charge in [-0.2, -0.15) is 0 Å². The topological polar surface area (TPSA) is 45.8 Å². The summed E-state index contributed by atoms with van der Waals surface area (Å²) < 4.78 is 13.2. The summed E-state index contributed by atoms with van der Waals surface area (Å²) in [4.78, 5) is 17.4. The minimum absolute atomic E-state index is 0.120. The fraction of sp³-hybridized carbons (Fsp3) is 0.111. The fourth-order valence-electron chi connectivity index (χ4n) is 1.27. The molecule has 13 heavy (non-hydrogen) atoms. The lowest BCUT2D eigenvalue weighted by molar-refractivity contribution is 0.635. The zero-order chi connectivity index (χ0) is 9.42. The molecule has 0 saturated carbocycles. The highest BCUT2D eigenvalue weighted by Crippen LogP contribution is 2.13. The standard InChI is InChI=1S/C9H7FN2O/c1-5-2-6-8(7(10)3-5)11-4-12-9(6)13/h2-4H,1H3,(H,11,12,13). The van der Waals surface area contributed by atoms with Gasteiger partial charge in [-0.15, -0.1) is 0 Å². The summed E-state index contributed by atoms with van der Waals surface area (Å²) in [6.07, 6.45) is 1.20. The summed E-state index contributed by atoms with van der Waals surface area (Å²) >= 11 is 0. The summed E-state index contributed by atoms with van der Waals surface area (Å²) in [6.45, 7) is 1.73. The van der Waals surface area contributed by atoms with Crippen molar-refractivity contribution in [1.82, 2.24) is 9.97 Å². The second kappa shape index (κ2) is 2.65. The number of fused-ring (bicyclic) bond motifs is 1. The number of H-pyrrole nitrogens is 1. The first-order chi connectivity index (χ1) is 6.18. The molecular formula is C9H7FN2O. The maximum absolute atomic E-state index is 13.2. The van der Waals surface area contributed by atoms with Crippen LogP contribution < -0.4 is 5.56 Å². The molecule has 0 unspecified atom stereocenters. The number of aromatic nitrogens is 2. The zero-order valence-corrected chi connectivity index (χ0v) is 6.97. The third-order valence-electron chi connectivity index (χ3n) is 1.84. The second-order valence-electron chi connectivity index (χ2n) is 2.87. The molecule has 1 heterocycles. The van der Waals surface area contributed by atoms with Crippen LogP contribution in [0.3, 0.4) is 0 Å². The van der Waals surface area contributed by atoms with Gasteiger partial charge in [-0.25, -0.2) is 9.37 Å². The van der Waals surface area contributed by atoms with E-state index in [9.17, 15) is 9.18 Å².